The van der Waals surface area contributed by atoms with E-state index in [1.165, 1.54) is 0 Å². The lowest BCUT2D eigenvalue weighted by atomic mass is 10.1. The molecule has 2 aromatic carbocycles. The van der Waals surface area contributed by atoms with Crippen LogP contribution >= 0.6 is 15.9 Å². The third-order valence-corrected chi connectivity index (χ3v) is 4.79. The number of halogens is 1. The van der Waals surface area contributed by atoms with Crippen molar-refractivity contribution >= 4 is 27.7 Å². The Labute approximate surface area is 163 Å². The van der Waals surface area contributed by atoms with Crippen LogP contribution < -0.4 is 5.32 Å². The number of rotatable bonds is 7. The van der Waals surface area contributed by atoms with Gasteiger partial charge in [-0.05, 0) is 44.0 Å². The quantitative estimate of drug-likeness (QED) is 0.744. The van der Waals surface area contributed by atoms with Crippen molar-refractivity contribution in [2.45, 2.75) is 39.8 Å². The Hall–Kier alpha value is -2.14. The van der Waals surface area contributed by atoms with Gasteiger partial charge in [-0.2, -0.15) is 0 Å². The second kappa shape index (κ2) is 9.53. The molecule has 26 heavy (non-hydrogen) atoms. The van der Waals surface area contributed by atoms with Crippen LogP contribution in [0, 0.1) is 6.92 Å². The summed E-state index contributed by atoms with van der Waals surface area (Å²) in [4.78, 5) is 26.9. The first kappa shape index (κ1) is 20.2. The molecule has 0 aromatic heterocycles. The highest BCUT2D eigenvalue weighted by Crippen LogP contribution is 2.16. The van der Waals surface area contributed by atoms with E-state index in [0.29, 0.717) is 13.1 Å². The predicted molar refractivity (Wildman–Crippen MR) is 108 cm³/mol. The van der Waals surface area contributed by atoms with Crippen molar-refractivity contribution in [1.29, 1.82) is 0 Å². The maximum absolute atomic E-state index is 13.0. The molecule has 2 amide bonds. The van der Waals surface area contributed by atoms with Crippen LogP contribution in [0.5, 0.6) is 0 Å². The molecule has 0 aliphatic carbocycles. The smallest absolute Gasteiger partial charge is 0.242 e. The van der Waals surface area contributed by atoms with E-state index in [0.717, 1.165) is 21.2 Å². The van der Waals surface area contributed by atoms with Crippen LogP contribution in [0.1, 0.15) is 30.5 Å². The molecule has 5 heteroatoms. The van der Waals surface area contributed by atoms with E-state index in [-0.39, 0.29) is 18.2 Å². The summed E-state index contributed by atoms with van der Waals surface area (Å²) < 4.78 is 0.982. The van der Waals surface area contributed by atoms with Gasteiger partial charge in [-0.3, -0.25) is 9.59 Å². The van der Waals surface area contributed by atoms with Crippen LogP contribution in [-0.2, 0) is 22.6 Å². The van der Waals surface area contributed by atoms with Crippen molar-refractivity contribution in [2.24, 2.45) is 0 Å². The van der Waals surface area contributed by atoms with E-state index in [9.17, 15) is 9.59 Å². The highest BCUT2D eigenvalue weighted by molar-refractivity contribution is 9.10. The Morgan fingerprint density at radius 2 is 1.62 bits per heavy atom. The molecule has 0 saturated heterocycles. The molecular formula is C21H25BrN2O2. The van der Waals surface area contributed by atoms with Gasteiger partial charge in [0.05, 0.1) is 6.42 Å². The second-order valence-electron chi connectivity index (χ2n) is 6.38. The first-order valence-electron chi connectivity index (χ1n) is 8.78. The number of hydrogen-bond acceptors (Lipinski definition) is 2. The molecule has 2 aromatic rings. The predicted octanol–water partition coefficient (Wildman–Crippen LogP) is 3.85. The standard InChI is InChI=1S/C21H25BrN2O2/c1-4-23-21(26)16(3)24(14-18-9-11-19(22)12-10-18)20(25)13-17-7-5-15(2)6-8-17/h5-12,16H,4,13-14H2,1-3H3,(H,23,26)/t16-/m1/s1. The minimum Gasteiger partial charge on any atom is -0.355 e. The van der Waals surface area contributed by atoms with Crippen LogP contribution in [0.25, 0.3) is 0 Å². The third-order valence-electron chi connectivity index (χ3n) is 4.26. The van der Waals surface area contributed by atoms with Gasteiger partial charge in [-0.25, -0.2) is 0 Å². The van der Waals surface area contributed by atoms with Gasteiger partial charge in [0.2, 0.25) is 11.8 Å². The molecule has 0 heterocycles. The van der Waals surface area contributed by atoms with Crippen LogP contribution in [0.3, 0.4) is 0 Å². The summed E-state index contributed by atoms with van der Waals surface area (Å²) in [7, 11) is 0. The summed E-state index contributed by atoms with van der Waals surface area (Å²) in [6.07, 6.45) is 0.278. The number of benzene rings is 2. The summed E-state index contributed by atoms with van der Waals surface area (Å²) in [6.45, 7) is 6.61. The second-order valence-corrected chi connectivity index (χ2v) is 7.30. The number of amides is 2. The Bertz CT molecular complexity index is 742. The average molecular weight is 417 g/mol. The normalized spacial score (nSPS) is 11.7. The molecular weight excluding hydrogens is 392 g/mol. The number of nitrogens with zero attached hydrogens (tertiary/aromatic N) is 1. The van der Waals surface area contributed by atoms with Gasteiger partial charge in [0.25, 0.3) is 0 Å². The van der Waals surface area contributed by atoms with Gasteiger partial charge in [-0.15, -0.1) is 0 Å². The maximum Gasteiger partial charge on any atom is 0.242 e. The van der Waals surface area contributed by atoms with Crippen LogP contribution in [0.2, 0.25) is 0 Å². The summed E-state index contributed by atoms with van der Waals surface area (Å²) in [5, 5.41) is 2.81. The zero-order chi connectivity index (χ0) is 19.1. The van der Waals surface area contributed by atoms with Crippen molar-refractivity contribution < 1.29 is 9.59 Å². The maximum atomic E-state index is 13.0. The zero-order valence-corrected chi connectivity index (χ0v) is 17.0. The summed E-state index contributed by atoms with van der Waals surface area (Å²) >= 11 is 3.42. The van der Waals surface area contributed by atoms with Crippen LogP contribution in [0.15, 0.2) is 53.0 Å². The van der Waals surface area contributed by atoms with Crippen LogP contribution in [0.4, 0.5) is 0 Å². The number of carbonyl (C=O) groups excluding carboxylic acids is 2. The first-order chi connectivity index (χ1) is 12.4. The molecule has 0 saturated carbocycles. The Morgan fingerprint density at radius 3 is 2.19 bits per heavy atom. The molecule has 0 fully saturated rings. The van der Waals surface area contributed by atoms with Gasteiger partial charge in [0.15, 0.2) is 0 Å². The van der Waals surface area contributed by atoms with Gasteiger partial charge in [0, 0.05) is 17.6 Å². The monoisotopic (exact) mass is 416 g/mol. The number of nitrogens with one attached hydrogen (secondary N) is 1. The lowest BCUT2D eigenvalue weighted by Crippen LogP contribution is -2.48. The molecule has 138 valence electrons. The van der Waals surface area contributed by atoms with E-state index in [1.807, 2.05) is 62.4 Å². The van der Waals surface area contributed by atoms with Gasteiger partial charge in [-0.1, -0.05) is 57.9 Å². The minimum atomic E-state index is -0.531. The fourth-order valence-electron chi connectivity index (χ4n) is 2.67. The molecule has 0 radical (unpaired) electrons. The lowest BCUT2D eigenvalue weighted by Gasteiger charge is -2.29. The average Bonchev–Trinajstić information content (AvgIpc) is 2.62. The highest BCUT2D eigenvalue weighted by Gasteiger charge is 2.25. The van der Waals surface area contributed by atoms with E-state index in [4.69, 9.17) is 0 Å². The molecule has 0 aliphatic rings. The van der Waals surface area contributed by atoms with Crippen molar-refractivity contribution in [1.82, 2.24) is 10.2 Å². The number of carbonyl (C=O) groups is 2. The van der Waals surface area contributed by atoms with E-state index in [2.05, 4.69) is 21.2 Å². The SMILES string of the molecule is CCNC(=O)[C@@H](C)N(Cc1ccc(Br)cc1)C(=O)Cc1ccc(C)cc1. The molecule has 0 bridgehead atoms. The minimum absolute atomic E-state index is 0.0597. The van der Waals surface area contributed by atoms with Gasteiger partial charge in [0.1, 0.15) is 6.04 Å². The topological polar surface area (TPSA) is 49.4 Å². The molecule has 0 unspecified atom stereocenters. The fraction of sp³-hybridized carbons (Fsp3) is 0.333. The Morgan fingerprint density at radius 1 is 1.04 bits per heavy atom. The summed E-state index contributed by atoms with van der Waals surface area (Å²) in [6, 6.07) is 15.2. The summed E-state index contributed by atoms with van der Waals surface area (Å²) in [5.74, 6) is -0.197. The van der Waals surface area contributed by atoms with Crippen molar-refractivity contribution in [3.63, 3.8) is 0 Å². The molecule has 2 rings (SSSR count). The molecule has 1 N–H and O–H groups in total. The van der Waals surface area contributed by atoms with Crippen molar-refractivity contribution in [3.05, 3.63) is 69.7 Å². The number of hydrogen-bond donors (Lipinski definition) is 1. The largest absolute Gasteiger partial charge is 0.355 e. The molecule has 0 spiro atoms. The number of likely N-dealkylation sites (N-methyl/N-ethyl adjacent to an activating group) is 1. The lowest BCUT2D eigenvalue weighted by molar-refractivity contribution is -0.140. The van der Waals surface area contributed by atoms with Crippen molar-refractivity contribution in [2.75, 3.05) is 6.54 Å². The highest BCUT2D eigenvalue weighted by atomic mass is 79.9. The van der Waals surface area contributed by atoms with E-state index in [1.54, 1.807) is 11.8 Å². The van der Waals surface area contributed by atoms with Gasteiger partial charge < -0.3 is 10.2 Å². The number of aryl methyl sites for hydroxylation is 1. The molecule has 4 nitrogen and oxygen atoms in total. The first-order valence-corrected chi connectivity index (χ1v) is 9.57. The third kappa shape index (κ3) is 5.70. The van der Waals surface area contributed by atoms with Crippen molar-refractivity contribution in [3.8, 4) is 0 Å². The Balaban J connectivity index is 2.20. The Kier molecular flexibility index (Phi) is 7.39. The molecule has 0 aliphatic heterocycles. The molecule has 1 atom stereocenters. The zero-order valence-electron chi connectivity index (χ0n) is 15.5. The van der Waals surface area contributed by atoms with Crippen LogP contribution in [-0.4, -0.2) is 29.3 Å². The summed E-state index contributed by atoms with van der Waals surface area (Å²) in [5.41, 5.74) is 3.09. The van der Waals surface area contributed by atoms with E-state index >= 15 is 0 Å². The fourth-order valence-corrected chi connectivity index (χ4v) is 2.94. The van der Waals surface area contributed by atoms with Gasteiger partial charge >= 0.3 is 0 Å². The van der Waals surface area contributed by atoms with E-state index < -0.39 is 6.04 Å².